The van der Waals surface area contributed by atoms with Crippen LogP contribution in [0.5, 0.6) is 5.75 Å². The van der Waals surface area contributed by atoms with Crippen molar-refractivity contribution in [2.24, 2.45) is 0 Å². The number of halogens is 2. The van der Waals surface area contributed by atoms with Gasteiger partial charge in [-0.25, -0.2) is 0 Å². The lowest BCUT2D eigenvalue weighted by atomic mass is 10.0. The highest BCUT2D eigenvalue weighted by Gasteiger charge is 2.24. The summed E-state index contributed by atoms with van der Waals surface area (Å²) in [4.78, 5) is 14.8. The maximum Gasteiger partial charge on any atom is 0.257 e. The average molecular weight is 395 g/mol. The van der Waals surface area contributed by atoms with E-state index in [1.807, 2.05) is 60.5 Å². The van der Waals surface area contributed by atoms with Crippen LogP contribution in [0, 0.1) is 0 Å². The fourth-order valence-corrected chi connectivity index (χ4v) is 3.18. The molecule has 0 unspecified atom stereocenters. The standard InChI is InChI=1S/C20H23ClN2O2.ClH/c1-22-17-10-12-23(13-11-17)20(24)18-4-2-3-5-19(18)25-14-15-6-8-16(21)9-7-15;/h2-9,17,22H,10-14H2,1H3;1H. The molecule has 0 aliphatic carbocycles. The van der Waals surface area contributed by atoms with Gasteiger partial charge in [0.15, 0.2) is 0 Å². The molecule has 2 aromatic carbocycles. The molecule has 26 heavy (non-hydrogen) atoms. The number of rotatable bonds is 5. The first kappa shape index (κ1) is 20.6. The minimum absolute atomic E-state index is 0. The highest BCUT2D eigenvalue weighted by atomic mass is 35.5. The zero-order valence-electron chi connectivity index (χ0n) is 14.8. The summed E-state index contributed by atoms with van der Waals surface area (Å²) in [5, 5.41) is 3.98. The fourth-order valence-electron chi connectivity index (χ4n) is 3.05. The first-order chi connectivity index (χ1) is 12.2. The van der Waals surface area contributed by atoms with Crippen LogP contribution in [0.2, 0.25) is 5.02 Å². The number of para-hydroxylation sites is 1. The molecule has 0 aromatic heterocycles. The van der Waals surface area contributed by atoms with Crippen molar-refractivity contribution in [3.63, 3.8) is 0 Å². The lowest BCUT2D eigenvalue weighted by Gasteiger charge is -2.32. The van der Waals surface area contributed by atoms with E-state index in [-0.39, 0.29) is 18.3 Å². The van der Waals surface area contributed by atoms with Crippen LogP contribution in [0.4, 0.5) is 0 Å². The van der Waals surface area contributed by atoms with E-state index in [1.165, 1.54) is 0 Å². The number of ether oxygens (including phenoxy) is 1. The number of hydrogen-bond acceptors (Lipinski definition) is 3. The van der Waals surface area contributed by atoms with Gasteiger partial charge in [-0.15, -0.1) is 12.4 Å². The molecule has 0 radical (unpaired) electrons. The third-order valence-electron chi connectivity index (χ3n) is 4.62. The summed E-state index contributed by atoms with van der Waals surface area (Å²) >= 11 is 5.91. The zero-order valence-corrected chi connectivity index (χ0v) is 16.4. The van der Waals surface area contributed by atoms with E-state index in [1.54, 1.807) is 0 Å². The van der Waals surface area contributed by atoms with Gasteiger partial charge in [-0.1, -0.05) is 35.9 Å². The number of nitrogens with zero attached hydrogens (tertiary/aromatic N) is 1. The van der Waals surface area contributed by atoms with Gasteiger partial charge in [0, 0.05) is 24.2 Å². The highest BCUT2D eigenvalue weighted by molar-refractivity contribution is 6.30. The molecule has 0 bridgehead atoms. The van der Waals surface area contributed by atoms with E-state index in [0.29, 0.717) is 29.0 Å². The van der Waals surface area contributed by atoms with Gasteiger partial charge in [-0.2, -0.15) is 0 Å². The maximum absolute atomic E-state index is 12.9. The zero-order chi connectivity index (χ0) is 17.6. The second-order valence-corrected chi connectivity index (χ2v) is 6.70. The quantitative estimate of drug-likeness (QED) is 0.827. The summed E-state index contributed by atoms with van der Waals surface area (Å²) in [5.74, 6) is 0.666. The highest BCUT2D eigenvalue weighted by Crippen LogP contribution is 2.23. The second kappa shape index (κ2) is 9.81. The number of likely N-dealkylation sites (tertiary alicyclic amines) is 1. The van der Waals surface area contributed by atoms with Crippen molar-refractivity contribution >= 4 is 29.9 Å². The summed E-state index contributed by atoms with van der Waals surface area (Å²) in [6, 6.07) is 15.5. The molecule has 6 heteroatoms. The number of carbonyl (C=O) groups is 1. The van der Waals surface area contributed by atoms with Crippen molar-refractivity contribution < 1.29 is 9.53 Å². The summed E-state index contributed by atoms with van der Waals surface area (Å²) in [5.41, 5.74) is 1.64. The molecule has 1 aliphatic rings. The molecule has 3 rings (SSSR count). The van der Waals surface area contributed by atoms with Gasteiger partial charge in [0.05, 0.1) is 5.56 Å². The topological polar surface area (TPSA) is 41.6 Å². The lowest BCUT2D eigenvalue weighted by molar-refractivity contribution is 0.0702. The van der Waals surface area contributed by atoms with Crippen LogP contribution in [-0.4, -0.2) is 37.0 Å². The first-order valence-electron chi connectivity index (χ1n) is 8.60. The Morgan fingerprint density at radius 2 is 1.81 bits per heavy atom. The smallest absolute Gasteiger partial charge is 0.257 e. The molecular weight excluding hydrogens is 371 g/mol. The van der Waals surface area contributed by atoms with Gasteiger partial charge in [-0.05, 0) is 49.7 Å². The summed E-state index contributed by atoms with van der Waals surface area (Å²) < 4.78 is 5.91. The van der Waals surface area contributed by atoms with Crippen LogP contribution in [0.1, 0.15) is 28.8 Å². The van der Waals surface area contributed by atoms with Crippen molar-refractivity contribution in [2.75, 3.05) is 20.1 Å². The minimum Gasteiger partial charge on any atom is -0.488 e. The summed E-state index contributed by atoms with van der Waals surface area (Å²) in [6.07, 6.45) is 1.96. The molecule has 140 valence electrons. The van der Waals surface area contributed by atoms with E-state index in [4.69, 9.17) is 16.3 Å². The molecule has 1 fully saturated rings. The number of hydrogen-bond donors (Lipinski definition) is 1. The van der Waals surface area contributed by atoms with E-state index < -0.39 is 0 Å². The van der Waals surface area contributed by atoms with Gasteiger partial charge in [0.25, 0.3) is 5.91 Å². The molecule has 1 saturated heterocycles. The Kier molecular flexibility index (Phi) is 7.76. The monoisotopic (exact) mass is 394 g/mol. The molecule has 0 atom stereocenters. The molecule has 1 heterocycles. The van der Waals surface area contributed by atoms with Gasteiger partial charge >= 0.3 is 0 Å². The molecule has 1 amide bonds. The lowest BCUT2D eigenvalue weighted by Crippen LogP contribution is -2.44. The Balaban J connectivity index is 0.00000243. The molecule has 4 nitrogen and oxygen atoms in total. The predicted molar refractivity (Wildman–Crippen MR) is 107 cm³/mol. The van der Waals surface area contributed by atoms with Crippen LogP contribution in [0.15, 0.2) is 48.5 Å². The molecule has 0 saturated carbocycles. The SMILES string of the molecule is CNC1CCN(C(=O)c2ccccc2OCc2ccc(Cl)cc2)CC1.Cl. The molecule has 2 aromatic rings. The number of nitrogens with one attached hydrogen (secondary N) is 1. The molecule has 1 N–H and O–H groups in total. The van der Waals surface area contributed by atoms with Crippen molar-refractivity contribution in [2.45, 2.75) is 25.5 Å². The third-order valence-corrected chi connectivity index (χ3v) is 4.87. The first-order valence-corrected chi connectivity index (χ1v) is 8.98. The van der Waals surface area contributed by atoms with E-state index in [9.17, 15) is 4.79 Å². The van der Waals surface area contributed by atoms with E-state index in [2.05, 4.69) is 5.32 Å². The number of benzene rings is 2. The summed E-state index contributed by atoms with van der Waals surface area (Å²) in [7, 11) is 1.97. The average Bonchev–Trinajstić information content (AvgIpc) is 2.67. The van der Waals surface area contributed by atoms with Crippen molar-refractivity contribution in [3.05, 3.63) is 64.7 Å². The maximum atomic E-state index is 12.9. The van der Waals surface area contributed by atoms with Crippen molar-refractivity contribution in [1.82, 2.24) is 10.2 Å². The van der Waals surface area contributed by atoms with Gasteiger partial charge in [0.2, 0.25) is 0 Å². The minimum atomic E-state index is 0. The van der Waals surface area contributed by atoms with Crippen LogP contribution < -0.4 is 10.1 Å². The van der Waals surface area contributed by atoms with Crippen molar-refractivity contribution in [1.29, 1.82) is 0 Å². The van der Waals surface area contributed by atoms with Crippen molar-refractivity contribution in [3.8, 4) is 5.75 Å². The van der Waals surface area contributed by atoms with E-state index in [0.717, 1.165) is 31.5 Å². The van der Waals surface area contributed by atoms with Gasteiger partial charge < -0.3 is 15.0 Å². The van der Waals surface area contributed by atoms with Crippen LogP contribution in [0.25, 0.3) is 0 Å². The van der Waals surface area contributed by atoms with Crippen LogP contribution in [-0.2, 0) is 6.61 Å². The Morgan fingerprint density at radius 3 is 2.46 bits per heavy atom. The fraction of sp³-hybridized carbons (Fsp3) is 0.350. The van der Waals surface area contributed by atoms with Crippen LogP contribution in [0.3, 0.4) is 0 Å². The Labute approximate surface area is 165 Å². The van der Waals surface area contributed by atoms with E-state index >= 15 is 0 Å². The second-order valence-electron chi connectivity index (χ2n) is 6.27. The van der Waals surface area contributed by atoms with Crippen LogP contribution >= 0.6 is 24.0 Å². The predicted octanol–water partition coefficient (Wildman–Crippen LogP) is 4.16. The number of carbonyl (C=O) groups excluding carboxylic acids is 1. The number of piperidine rings is 1. The molecule has 0 spiro atoms. The van der Waals surface area contributed by atoms with Gasteiger partial charge in [0.1, 0.15) is 12.4 Å². The number of amides is 1. The normalized spacial score (nSPS) is 14.6. The largest absolute Gasteiger partial charge is 0.488 e. The Bertz CT molecular complexity index is 714. The summed E-state index contributed by atoms with van der Waals surface area (Å²) in [6.45, 7) is 1.95. The van der Waals surface area contributed by atoms with Gasteiger partial charge in [-0.3, -0.25) is 4.79 Å². The molecular formula is C20H24Cl2N2O2. The third kappa shape index (κ3) is 5.13. The Morgan fingerprint density at radius 1 is 1.15 bits per heavy atom. The Hall–Kier alpha value is -1.75. The molecule has 1 aliphatic heterocycles.